The topological polar surface area (TPSA) is 77.0 Å². The molecule has 0 aliphatic heterocycles. The van der Waals surface area contributed by atoms with Crippen molar-refractivity contribution < 1.29 is 5.11 Å². The minimum Gasteiger partial charge on any atom is -0.493 e. The summed E-state index contributed by atoms with van der Waals surface area (Å²) in [6.45, 7) is 1.42. The second-order valence-electron chi connectivity index (χ2n) is 8.04. The van der Waals surface area contributed by atoms with Crippen LogP contribution in [0.1, 0.15) is 22.4 Å². The number of imidazole rings is 1. The van der Waals surface area contributed by atoms with E-state index in [1.807, 2.05) is 30.3 Å². The van der Waals surface area contributed by atoms with E-state index in [-0.39, 0.29) is 11.6 Å². The normalized spacial score (nSPS) is 11.6. The lowest BCUT2D eigenvalue weighted by atomic mass is 10.1. The number of aromatic amines is 2. The molecule has 0 aliphatic carbocycles. The van der Waals surface area contributed by atoms with Crippen molar-refractivity contribution in [3.63, 3.8) is 0 Å². The zero-order valence-corrected chi connectivity index (χ0v) is 17.5. The van der Waals surface area contributed by atoms with Gasteiger partial charge in [0.15, 0.2) is 0 Å². The number of H-pyrrole nitrogens is 2. The first-order chi connectivity index (χ1) is 14.5. The minimum absolute atomic E-state index is 0.0262. The lowest BCUT2D eigenvalue weighted by molar-refractivity contribution is 0.409. The second kappa shape index (κ2) is 8.63. The fraction of sp³-hybridized carbons (Fsp3) is 0.292. The fourth-order valence-corrected chi connectivity index (χ4v) is 3.82. The number of aryl methyl sites for hydroxylation is 1. The van der Waals surface area contributed by atoms with E-state index in [1.165, 1.54) is 15.5 Å². The predicted molar refractivity (Wildman–Crippen MR) is 120 cm³/mol. The van der Waals surface area contributed by atoms with Crippen molar-refractivity contribution in [1.29, 1.82) is 0 Å². The van der Waals surface area contributed by atoms with Gasteiger partial charge in [-0.1, -0.05) is 36.4 Å². The summed E-state index contributed by atoms with van der Waals surface area (Å²) in [5.41, 5.74) is 4.90. The molecule has 3 N–H and O–H groups in total. The number of likely N-dealkylation sites (N-methyl/N-ethyl adjacent to an activating group) is 1. The molecule has 6 nitrogen and oxygen atoms in total. The predicted octanol–water partition coefficient (Wildman–Crippen LogP) is 3.30. The van der Waals surface area contributed by atoms with Gasteiger partial charge >= 0.3 is 5.69 Å². The molecule has 0 saturated carbocycles. The van der Waals surface area contributed by atoms with Crippen LogP contribution in [0.4, 0.5) is 0 Å². The Bertz CT molecular complexity index is 1190. The number of nitrogens with one attached hydrogen (secondary N) is 2. The van der Waals surface area contributed by atoms with Crippen molar-refractivity contribution in [3.8, 4) is 5.88 Å². The Morgan fingerprint density at radius 1 is 1.03 bits per heavy atom. The smallest absolute Gasteiger partial charge is 0.328 e. The summed E-state index contributed by atoms with van der Waals surface area (Å²) in [6, 6.07) is 16.2. The molecule has 4 rings (SSSR count). The van der Waals surface area contributed by atoms with Crippen molar-refractivity contribution in [2.75, 3.05) is 20.6 Å². The minimum atomic E-state index is -0.271. The maximum Gasteiger partial charge on any atom is 0.328 e. The summed E-state index contributed by atoms with van der Waals surface area (Å²) in [5, 5.41) is 11.8. The van der Waals surface area contributed by atoms with E-state index in [4.69, 9.17) is 0 Å². The highest BCUT2D eigenvalue weighted by Gasteiger charge is 2.14. The molecule has 2 aromatic carbocycles. The number of hydrogen-bond donors (Lipinski definition) is 3. The third-order valence-corrected chi connectivity index (χ3v) is 5.54. The van der Waals surface area contributed by atoms with Crippen LogP contribution in [0.3, 0.4) is 0 Å². The van der Waals surface area contributed by atoms with Crippen molar-refractivity contribution in [1.82, 2.24) is 19.4 Å². The molecule has 0 saturated heterocycles. The standard InChI is InChI=1S/C24H28N4O2/c1-27(2)12-11-19-16-25-21-9-8-18(14-20(19)21)10-13-28-23(29)22(26-24(28)30)15-17-6-4-3-5-7-17/h3-9,14,16,25,29H,10-13,15H2,1-2H3,(H,26,30). The second-order valence-corrected chi connectivity index (χ2v) is 8.04. The summed E-state index contributed by atoms with van der Waals surface area (Å²) in [6.07, 6.45) is 4.23. The molecule has 0 fully saturated rings. The van der Waals surface area contributed by atoms with Crippen LogP contribution in [-0.4, -0.2) is 45.2 Å². The number of benzene rings is 2. The van der Waals surface area contributed by atoms with Crippen molar-refractivity contribution >= 4 is 10.9 Å². The molecule has 2 aromatic heterocycles. The number of fused-ring (bicyclic) bond motifs is 1. The van der Waals surface area contributed by atoms with Crippen LogP contribution in [-0.2, 0) is 25.8 Å². The molecular formula is C24H28N4O2. The molecule has 2 heterocycles. The molecule has 0 spiro atoms. The highest BCUT2D eigenvalue weighted by molar-refractivity contribution is 5.83. The third kappa shape index (κ3) is 4.33. The van der Waals surface area contributed by atoms with Gasteiger partial charge in [-0.3, -0.25) is 4.57 Å². The van der Waals surface area contributed by atoms with Gasteiger partial charge in [-0.05, 0) is 55.8 Å². The lowest BCUT2D eigenvalue weighted by Crippen LogP contribution is -2.17. The summed E-state index contributed by atoms with van der Waals surface area (Å²) in [7, 11) is 4.15. The molecule has 30 heavy (non-hydrogen) atoms. The van der Waals surface area contributed by atoms with Gasteiger partial charge in [0.05, 0.1) is 5.69 Å². The zero-order valence-electron chi connectivity index (χ0n) is 17.5. The molecule has 6 heteroatoms. The van der Waals surface area contributed by atoms with Crippen LogP contribution in [0.25, 0.3) is 10.9 Å². The van der Waals surface area contributed by atoms with Crippen molar-refractivity contribution in [3.05, 3.63) is 87.6 Å². The van der Waals surface area contributed by atoms with Gasteiger partial charge in [0.2, 0.25) is 5.88 Å². The first kappa shape index (κ1) is 20.0. The molecule has 0 radical (unpaired) electrons. The van der Waals surface area contributed by atoms with E-state index in [0.717, 1.165) is 29.6 Å². The first-order valence-electron chi connectivity index (χ1n) is 10.3. The molecule has 0 aliphatic rings. The van der Waals surface area contributed by atoms with Crippen LogP contribution in [0.2, 0.25) is 0 Å². The summed E-state index contributed by atoms with van der Waals surface area (Å²) < 4.78 is 1.42. The number of rotatable bonds is 8. The van der Waals surface area contributed by atoms with Gasteiger partial charge in [0.1, 0.15) is 0 Å². The molecule has 156 valence electrons. The van der Waals surface area contributed by atoms with Crippen LogP contribution < -0.4 is 5.69 Å². The van der Waals surface area contributed by atoms with E-state index in [1.54, 1.807) is 0 Å². The van der Waals surface area contributed by atoms with Crippen LogP contribution in [0.5, 0.6) is 5.88 Å². The zero-order chi connectivity index (χ0) is 21.1. The van der Waals surface area contributed by atoms with Crippen molar-refractivity contribution in [2.24, 2.45) is 0 Å². The molecular weight excluding hydrogens is 376 g/mol. The molecule has 0 atom stereocenters. The van der Waals surface area contributed by atoms with E-state index in [0.29, 0.717) is 25.1 Å². The Balaban J connectivity index is 1.50. The van der Waals surface area contributed by atoms with Crippen molar-refractivity contribution in [2.45, 2.75) is 25.8 Å². The van der Waals surface area contributed by atoms with E-state index in [2.05, 4.69) is 53.4 Å². The van der Waals surface area contributed by atoms with E-state index in [9.17, 15) is 9.90 Å². The van der Waals surface area contributed by atoms with Gasteiger partial charge in [-0.25, -0.2) is 4.79 Å². The number of aromatic nitrogens is 3. The maximum absolute atomic E-state index is 12.4. The van der Waals surface area contributed by atoms with Gasteiger partial charge in [0.25, 0.3) is 0 Å². The van der Waals surface area contributed by atoms with Crippen LogP contribution in [0, 0.1) is 0 Å². The van der Waals surface area contributed by atoms with E-state index < -0.39 is 0 Å². The highest BCUT2D eigenvalue weighted by Crippen LogP contribution is 2.22. The van der Waals surface area contributed by atoms with Gasteiger partial charge in [-0.2, -0.15) is 0 Å². The Kier molecular flexibility index (Phi) is 5.77. The van der Waals surface area contributed by atoms with Gasteiger partial charge in [0, 0.05) is 36.6 Å². The van der Waals surface area contributed by atoms with Gasteiger partial charge in [-0.15, -0.1) is 0 Å². The highest BCUT2D eigenvalue weighted by atomic mass is 16.3. The van der Waals surface area contributed by atoms with Gasteiger partial charge < -0.3 is 20.0 Å². The molecule has 0 unspecified atom stereocenters. The Morgan fingerprint density at radius 3 is 2.60 bits per heavy atom. The Labute approximate surface area is 175 Å². The number of aromatic hydroxyl groups is 1. The van der Waals surface area contributed by atoms with Crippen LogP contribution in [0.15, 0.2) is 59.5 Å². The molecule has 0 amide bonds. The molecule has 0 bridgehead atoms. The fourth-order valence-electron chi connectivity index (χ4n) is 3.82. The number of nitrogens with zero attached hydrogens (tertiary/aromatic N) is 2. The Morgan fingerprint density at radius 2 is 1.83 bits per heavy atom. The molecule has 4 aromatic rings. The lowest BCUT2D eigenvalue weighted by Gasteiger charge is -2.09. The monoisotopic (exact) mass is 404 g/mol. The van der Waals surface area contributed by atoms with Crippen LogP contribution >= 0.6 is 0 Å². The average Bonchev–Trinajstić information content (AvgIpc) is 3.26. The third-order valence-electron chi connectivity index (χ3n) is 5.54. The first-order valence-corrected chi connectivity index (χ1v) is 10.3. The summed E-state index contributed by atoms with van der Waals surface area (Å²) >= 11 is 0. The average molecular weight is 405 g/mol. The summed E-state index contributed by atoms with van der Waals surface area (Å²) in [4.78, 5) is 20.7. The SMILES string of the molecule is CN(C)CCc1c[nH]c2ccc(CCn3c(O)c(Cc4ccccc4)[nH]c3=O)cc12. The van der Waals surface area contributed by atoms with E-state index >= 15 is 0 Å². The number of hydrogen-bond acceptors (Lipinski definition) is 3. The maximum atomic E-state index is 12.4. The quantitative estimate of drug-likeness (QED) is 0.422. The largest absolute Gasteiger partial charge is 0.493 e. The summed E-state index contributed by atoms with van der Waals surface area (Å²) in [5.74, 6) is 0.0262. The Hall–Kier alpha value is -3.25.